The summed E-state index contributed by atoms with van der Waals surface area (Å²) in [6, 6.07) is 128. The van der Waals surface area contributed by atoms with Gasteiger partial charge in [-0.1, -0.05) is 261 Å². The summed E-state index contributed by atoms with van der Waals surface area (Å²) in [7, 11) is 0. The predicted octanol–water partition coefficient (Wildman–Crippen LogP) is 23.0. The molecule has 0 N–H and O–H groups in total. The van der Waals surface area contributed by atoms with E-state index in [-0.39, 0.29) is 0 Å². The van der Waals surface area contributed by atoms with Gasteiger partial charge in [0.15, 0.2) is 0 Å². The Hall–Kier alpha value is -11.6. The molecule has 0 amide bonds. The maximum Gasteiger partial charge on any atom is 0.0725 e. The molecule has 90 heavy (non-hydrogen) atoms. The summed E-state index contributed by atoms with van der Waals surface area (Å²) in [5.74, 6) is 0. The number of anilines is 6. The van der Waals surface area contributed by atoms with Crippen molar-refractivity contribution < 1.29 is 0 Å². The minimum Gasteiger partial charge on any atom is -0.311 e. The van der Waals surface area contributed by atoms with Crippen LogP contribution in [0.4, 0.5) is 34.1 Å². The average molecular weight is 1140 g/mol. The van der Waals surface area contributed by atoms with Crippen molar-refractivity contribution in [3.05, 3.63) is 384 Å². The lowest BCUT2D eigenvalue weighted by Gasteiger charge is -2.32. The molecule has 0 atom stereocenters. The summed E-state index contributed by atoms with van der Waals surface area (Å²) >= 11 is 0. The van der Waals surface area contributed by atoms with E-state index in [9.17, 15) is 0 Å². The Balaban J connectivity index is 0.905. The molecule has 0 radical (unpaired) electrons. The Morgan fingerprint density at radius 2 is 0.478 bits per heavy atom. The summed E-state index contributed by atoms with van der Waals surface area (Å²) in [6.45, 7) is 0. The molecular weight excluding hydrogens is 1080 g/mol. The fourth-order valence-electron chi connectivity index (χ4n) is 16.9. The first-order valence-corrected chi connectivity index (χ1v) is 31.4. The van der Waals surface area contributed by atoms with Crippen LogP contribution in [0, 0.1) is 0 Å². The van der Waals surface area contributed by atoms with Gasteiger partial charge in [-0.05, 0) is 206 Å². The first kappa shape index (κ1) is 50.6. The molecule has 0 aliphatic heterocycles. The highest BCUT2D eigenvalue weighted by Crippen LogP contribution is 2.66. The number of para-hydroxylation sites is 3. The van der Waals surface area contributed by atoms with E-state index in [1.807, 2.05) is 0 Å². The van der Waals surface area contributed by atoms with Crippen molar-refractivity contribution in [2.24, 2.45) is 0 Å². The van der Waals surface area contributed by atoms with E-state index in [0.29, 0.717) is 0 Å². The van der Waals surface area contributed by atoms with Crippen molar-refractivity contribution in [3.63, 3.8) is 0 Å². The van der Waals surface area contributed by atoms with E-state index >= 15 is 0 Å². The Morgan fingerprint density at radius 3 is 0.878 bits per heavy atom. The average Bonchev–Trinajstić information content (AvgIpc) is 1.51. The molecule has 0 bridgehead atoms. The second kappa shape index (κ2) is 19.5. The highest BCUT2D eigenvalue weighted by Gasteiger charge is 2.53. The topological polar surface area (TPSA) is 6.48 Å². The quantitative estimate of drug-likeness (QED) is 0.140. The minimum atomic E-state index is -0.524. The smallest absolute Gasteiger partial charge is 0.0725 e. The van der Waals surface area contributed by atoms with Gasteiger partial charge < -0.3 is 9.80 Å². The number of hydrogen-bond donors (Lipinski definition) is 0. The van der Waals surface area contributed by atoms with Gasteiger partial charge in [0.1, 0.15) is 0 Å². The molecule has 0 fully saturated rings. The zero-order valence-electron chi connectivity index (χ0n) is 49.2. The molecule has 2 nitrogen and oxygen atoms in total. The normalized spacial score (nSPS) is 13.5. The van der Waals surface area contributed by atoms with Gasteiger partial charge in [-0.15, -0.1) is 0 Å². The van der Waals surface area contributed by atoms with Crippen LogP contribution >= 0.6 is 0 Å². The fraction of sp³-hybridized carbons (Fsp3) is 0.0227. The highest BCUT2D eigenvalue weighted by molar-refractivity contribution is 6.25. The molecule has 0 unspecified atom stereocenters. The van der Waals surface area contributed by atoms with Crippen LogP contribution < -0.4 is 9.80 Å². The van der Waals surface area contributed by atoms with Gasteiger partial charge in [-0.3, -0.25) is 0 Å². The number of hydrogen-bond acceptors (Lipinski definition) is 2. The second-order valence-electron chi connectivity index (χ2n) is 24.5. The molecule has 4 aliphatic rings. The third-order valence-electron chi connectivity index (χ3n) is 20.2. The van der Waals surface area contributed by atoms with Gasteiger partial charge in [0.25, 0.3) is 0 Å². The zero-order chi connectivity index (χ0) is 59.1. The molecule has 19 rings (SSSR count). The molecule has 2 heteroatoms. The van der Waals surface area contributed by atoms with Crippen LogP contribution in [0.1, 0.15) is 44.5 Å². The van der Waals surface area contributed by atoms with Crippen LogP contribution in [0.2, 0.25) is 0 Å². The highest BCUT2D eigenvalue weighted by atomic mass is 15.2. The number of rotatable bonds is 8. The van der Waals surface area contributed by atoms with Crippen molar-refractivity contribution in [3.8, 4) is 66.8 Å². The third-order valence-corrected chi connectivity index (χ3v) is 20.2. The number of benzene rings is 15. The molecule has 418 valence electrons. The molecular formula is C88H56N2. The summed E-state index contributed by atoms with van der Waals surface area (Å²) in [5, 5.41) is 4.77. The van der Waals surface area contributed by atoms with Gasteiger partial charge in [0.05, 0.1) is 16.5 Å². The SMILES string of the molecule is c1ccc(N(c2ccccc2)c2ccc(N(c3ccccc3)c3cccc4c(-c5ccc6c(c5)C5(c7ccccc7-c7ccccc75)c5ccccc5-6)c5ccccc5c(-c5ccc6c(c5)C5(c7ccccc7-c7ccccc75)c5ccccc5-6)c34)cc2)cc1. The molecule has 0 heterocycles. The Bertz CT molecular complexity index is 5270. The second-order valence-corrected chi connectivity index (χ2v) is 24.5. The van der Waals surface area contributed by atoms with Crippen LogP contribution in [0.3, 0.4) is 0 Å². The largest absolute Gasteiger partial charge is 0.311 e. The van der Waals surface area contributed by atoms with Crippen molar-refractivity contribution in [1.29, 1.82) is 0 Å². The van der Waals surface area contributed by atoms with E-state index in [0.717, 1.165) is 34.1 Å². The number of nitrogens with zero attached hydrogens (tertiary/aromatic N) is 2. The summed E-state index contributed by atoms with van der Waals surface area (Å²) in [4.78, 5) is 4.84. The Labute approximate surface area is 524 Å². The van der Waals surface area contributed by atoms with E-state index in [1.54, 1.807) is 0 Å². The number of fused-ring (bicyclic) bond motifs is 22. The maximum absolute atomic E-state index is 2.58. The van der Waals surface area contributed by atoms with Gasteiger partial charge in [0.2, 0.25) is 0 Å². The fourth-order valence-corrected chi connectivity index (χ4v) is 16.9. The summed E-state index contributed by atoms with van der Waals surface area (Å²) in [5.41, 5.74) is 31.2. The van der Waals surface area contributed by atoms with Crippen molar-refractivity contribution in [2.45, 2.75) is 10.8 Å². The van der Waals surface area contributed by atoms with E-state index in [4.69, 9.17) is 0 Å². The van der Waals surface area contributed by atoms with E-state index in [1.165, 1.54) is 133 Å². The van der Waals surface area contributed by atoms with Crippen LogP contribution in [0.25, 0.3) is 88.3 Å². The van der Waals surface area contributed by atoms with Crippen molar-refractivity contribution in [2.75, 3.05) is 9.80 Å². The standard InChI is InChI=1S/C88H56N2/c1-4-25-59(26-5-1)89(60-27-6-2-7-28-60)62-49-51-63(52-50-62)90(61-29-8-3-9-30-61)83-46-24-39-74-84(57-47-53-70-68-35-16-22-44-79(68)87(81(70)55-57)75-40-18-12-31-64(75)65-32-13-19-41-76(65)87)72-37-10-11-38-73(72)85(86(74)83)58-48-54-71-69-36-17-23-45-80(69)88(82(71)56-58)77-42-20-14-33-66(77)67-34-15-21-43-78(67)88/h1-56H. The van der Waals surface area contributed by atoms with Gasteiger partial charge in [-0.2, -0.15) is 0 Å². The first-order valence-electron chi connectivity index (χ1n) is 31.4. The maximum atomic E-state index is 2.58. The van der Waals surface area contributed by atoms with Crippen LogP contribution in [0.15, 0.2) is 340 Å². The lowest BCUT2D eigenvalue weighted by molar-refractivity contribution is 0.794. The van der Waals surface area contributed by atoms with Crippen LogP contribution in [0.5, 0.6) is 0 Å². The van der Waals surface area contributed by atoms with E-state index in [2.05, 4.69) is 350 Å². The molecule has 0 saturated carbocycles. The van der Waals surface area contributed by atoms with Gasteiger partial charge in [0, 0.05) is 33.8 Å². The summed E-state index contributed by atoms with van der Waals surface area (Å²) < 4.78 is 0. The molecule has 0 aromatic heterocycles. The third kappa shape index (κ3) is 6.88. The first-order chi connectivity index (χ1) is 44.7. The monoisotopic (exact) mass is 1140 g/mol. The van der Waals surface area contributed by atoms with Gasteiger partial charge in [-0.25, -0.2) is 0 Å². The molecule has 4 aliphatic carbocycles. The molecule has 2 spiro atoms. The molecule has 15 aromatic rings. The molecule has 0 saturated heterocycles. The predicted molar refractivity (Wildman–Crippen MR) is 374 cm³/mol. The minimum absolute atomic E-state index is 0.506. The zero-order valence-corrected chi connectivity index (χ0v) is 49.2. The van der Waals surface area contributed by atoms with Crippen molar-refractivity contribution >= 4 is 55.7 Å². The van der Waals surface area contributed by atoms with Crippen LogP contribution in [-0.4, -0.2) is 0 Å². The lowest BCUT2D eigenvalue weighted by Crippen LogP contribution is -2.25. The van der Waals surface area contributed by atoms with E-state index < -0.39 is 10.8 Å². The van der Waals surface area contributed by atoms with Crippen LogP contribution in [-0.2, 0) is 10.8 Å². The van der Waals surface area contributed by atoms with Crippen molar-refractivity contribution in [1.82, 2.24) is 0 Å². The molecule has 15 aromatic carbocycles. The Kier molecular flexibility index (Phi) is 10.9. The summed E-state index contributed by atoms with van der Waals surface area (Å²) in [6.07, 6.45) is 0. The van der Waals surface area contributed by atoms with Gasteiger partial charge >= 0.3 is 0 Å². The Morgan fingerprint density at radius 1 is 0.189 bits per heavy atom. The lowest BCUT2D eigenvalue weighted by atomic mass is 9.70.